The van der Waals surface area contributed by atoms with Gasteiger partial charge in [0.15, 0.2) is 0 Å². The molecule has 0 spiro atoms. The van der Waals surface area contributed by atoms with Crippen molar-refractivity contribution < 1.29 is 19.1 Å². The van der Waals surface area contributed by atoms with E-state index < -0.39 is 11.9 Å². The summed E-state index contributed by atoms with van der Waals surface area (Å²) in [5.74, 6) is -1.30. The summed E-state index contributed by atoms with van der Waals surface area (Å²) in [6.45, 7) is 7.16. The predicted molar refractivity (Wildman–Crippen MR) is 83.7 cm³/mol. The number of hydrogen-bond donors (Lipinski definition) is 0. The normalized spacial score (nSPS) is 9.30. The fourth-order valence-corrected chi connectivity index (χ4v) is 1.68. The van der Waals surface area contributed by atoms with Crippen LogP contribution in [0.25, 0.3) is 0 Å². The lowest BCUT2D eigenvalue weighted by atomic mass is 10.1. The molecule has 0 unspecified atom stereocenters. The summed E-state index contributed by atoms with van der Waals surface area (Å²) in [6, 6.07) is 3.29. The van der Waals surface area contributed by atoms with Gasteiger partial charge >= 0.3 is 11.9 Å². The molecule has 0 aliphatic heterocycles. The van der Waals surface area contributed by atoms with Gasteiger partial charge in [0.2, 0.25) is 0 Å². The quantitative estimate of drug-likeness (QED) is 0.237. The average Bonchev–Trinajstić information content (AvgIpc) is 2.57. The highest BCUT2D eigenvalue weighted by Crippen LogP contribution is 2.08. The van der Waals surface area contributed by atoms with Crippen LogP contribution in [0.2, 0.25) is 0 Å². The van der Waals surface area contributed by atoms with Gasteiger partial charge in [-0.3, -0.25) is 0 Å². The van der Waals surface area contributed by atoms with E-state index in [9.17, 15) is 9.59 Å². The Labute approximate surface area is 137 Å². The Morgan fingerprint density at radius 1 is 0.696 bits per heavy atom. The van der Waals surface area contributed by atoms with Gasteiger partial charge < -0.3 is 9.47 Å². The van der Waals surface area contributed by atoms with Crippen molar-refractivity contribution >= 4 is 11.9 Å². The lowest BCUT2D eigenvalue weighted by Crippen LogP contribution is -2.07. The predicted octanol–water partition coefficient (Wildman–Crippen LogP) is 2.96. The van der Waals surface area contributed by atoms with Gasteiger partial charge in [-0.25, -0.2) is 9.59 Å². The van der Waals surface area contributed by atoms with Crippen LogP contribution in [0.4, 0.5) is 0 Å². The molecule has 23 heavy (non-hydrogen) atoms. The van der Waals surface area contributed by atoms with E-state index >= 15 is 0 Å². The van der Waals surface area contributed by atoms with E-state index in [4.69, 9.17) is 20.0 Å². The SMILES string of the molecule is C=C(C#N)C(=O)OCCCCCCCCCOC(=O)C(=C)C#N. The summed E-state index contributed by atoms with van der Waals surface area (Å²) in [5.41, 5.74) is -0.354. The van der Waals surface area contributed by atoms with Crippen molar-refractivity contribution in [3.63, 3.8) is 0 Å². The number of carbonyl (C=O) groups is 2. The molecule has 0 amide bonds. The number of esters is 2. The number of nitriles is 2. The molecule has 0 saturated heterocycles. The average molecular weight is 318 g/mol. The highest BCUT2D eigenvalue weighted by Gasteiger charge is 2.07. The van der Waals surface area contributed by atoms with Crippen LogP contribution in [0.5, 0.6) is 0 Å². The van der Waals surface area contributed by atoms with Gasteiger partial charge in [-0.2, -0.15) is 10.5 Å². The van der Waals surface area contributed by atoms with Gasteiger partial charge in [0, 0.05) is 0 Å². The van der Waals surface area contributed by atoms with Crippen LogP contribution in [0, 0.1) is 22.7 Å². The molecule has 0 fully saturated rings. The standard InChI is InChI=1S/C17H22N2O4/c1-14(12-18)16(20)22-10-8-6-4-3-5-7-9-11-23-17(21)15(2)13-19/h1-11H2. The Balaban J connectivity index is 3.35. The van der Waals surface area contributed by atoms with E-state index in [1.807, 2.05) is 0 Å². The Hall–Kier alpha value is -2.60. The lowest BCUT2D eigenvalue weighted by molar-refractivity contribution is -0.139. The monoisotopic (exact) mass is 318 g/mol. The first-order chi connectivity index (χ1) is 11.0. The third-order valence-electron chi connectivity index (χ3n) is 3.02. The third kappa shape index (κ3) is 10.7. The Morgan fingerprint density at radius 3 is 1.30 bits per heavy atom. The maximum Gasteiger partial charge on any atom is 0.348 e. The van der Waals surface area contributed by atoms with Crippen molar-refractivity contribution in [3.8, 4) is 12.1 Å². The maximum absolute atomic E-state index is 11.1. The second-order valence-corrected chi connectivity index (χ2v) is 4.93. The number of unbranched alkanes of at least 4 members (excludes halogenated alkanes) is 6. The molecule has 0 aliphatic rings. The molecule has 0 aromatic carbocycles. The number of ether oxygens (including phenoxy) is 2. The van der Waals surface area contributed by atoms with E-state index in [-0.39, 0.29) is 11.1 Å². The van der Waals surface area contributed by atoms with Crippen molar-refractivity contribution in [1.29, 1.82) is 10.5 Å². The topological polar surface area (TPSA) is 100 Å². The summed E-state index contributed by atoms with van der Waals surface area (Å²) in [6.07, 6.45) is 6.53. The van der Waals surface area contributed by atoms with Crippen LogP contribution < -0.4 is 0 Å². The largest absolute Gasteiger partial charge is 0.462 e. The van der Waals surface area contributed by atoms with Gasteiger partial charge in [0.1, 0.15) is 23.3 Å². The van der Waals surface area contributed by atoms with Gasteiger partial charge in [-0.1, -0.05) is 45.3 Å². The first kappa shape index (κ1) is 20.4. The fourth-order valence-electron chi connectivity index (χ4n) is 1.68. The molecule has 6 nitrogen and oxygen atoms in total. The van der Waals surface area contributed by atoms with Gasteiger partial charge in [0.25, 0.3) is 0 Å². The summed E-state index contributed by atoms with van der Waals surface area (Å²) in [5, 5.41) is 16.9. The first-order valence-electron chi connectivity index (χ1n) is 7.55. The number of nitrogens with zero attached hydrogens (tertiary/aromatic N) is 2. The lowest BCUT2D eigenvalue weighted by Gasteiger charge is -2.04. The van der Waals surface area contributed by atoms with Crippen LogP contribution in [0.3, 0.4) is 0 Å². The zero-order valence-electron chi connectivity index (χ0n) is 13.3. The van der Waals surface area contributed by atoms with Crippen molar-refractivity contribution in [1.82, 2.24) is 0 Å². The summed E-state index contributed by atoms with van der Waals surface area (Å²) >= 11 is 0. The van der Waals surface area contributed by atoms with E-state index in [2.05, 4.69) is 13.2 Å². The van der Waals surface area contributed by atoms with Gasteiger partial charge in [0.05, 0.1) is 13.2 Å². The molecule has 0 atom stereocenters. The minimum absolute atomic E-state index is 0.177. The van der Waals surface area contributed by atoms with Crippen LogP contribution >= 0.6 is 0 Å². The maximum atomic E-state index is 11.1. The van der Waals surface area contributed by atoms with Crippen molar-refractivity contribution in [2.24, 2.45) is 0 Å². The smallest absolute Gasteiger partial charge is 0.348 e. The molecule has 0 N–H and O–H groups in total. The number of hydrogen-bond acceptors (Lipinski definition) is 6. The molecular formula is C17H22N2O4. The first-order valence-corrected chi connectivity index (χ1v) is 7.55. The molecule has 124 valence electrons. The van der Waals surface area contributed by atoms with Gasteiger partial charge in [-0.15, -0.1) is 0 Å². The van der Waals surface area contributed by atoms with Crippen LogP contribution in [-0.4, -0.2) is 25.2 Å². The number of carbonyl (C=O) groups excluding carboxylic acids is 2. The molecule has 0 aromatic heterocycles. The highest BCUT2D eigenvalue weighted by molar-refractivity contribution is 5.92. The minimum atomic E-state index is -0.652. The summed E-state index contributed by atoms with van der Waals surface area (Å²) < 4.78 is 9.73. The minimum Gasteiger partial charge on any atom is -0.462 e. The fraction of sp³-hybridized carbons (Fsp3) is 0.529. The van der Waals surface area contributed by atoms with E-state index in [1.165, 1.54) is 0 Å². The molecule has 0 aliphatic carbocycles. The molecule has 0 radical (unpaired) electrons. The highest BCUT2D eigenvalue weighted by atomic mass is 16.5. The van der Waals surface area contributed by atoms with Crippen molar-refractivity contribution in [3.05, 3.63) is 24.3 Å². The van der Waals surface area contributed by atoms with Crippen molar-refractivity contribution in [2.45, 2.75) is 44.9 Å². The molecule has 0 bridgehead atoms. The van der Waals surface area contributed by atoms with E-state index in [1.54, 1.807) is 12.1 Å². The Bertz CT molecular complexity index is 466. The van der Waals surface area contributed by atoms with E-state index in [0.717, 1.165) is 44.9 Å². The zero-order valence-corrected chi connectivity index (χ0v) is 13.3. The molecule has 0 aromatic rings. The molecule has 6 heteroatoms. The molecule has 0 heterocycles. The van der Waals surface area contributed by atoms with Crippen LogP contribution in [0.1, 0.15) is 44.9 Å². The van der Waals surface area contributed by atoms with Crippen LogP contribution in [-0.2, 0) is 19.1 Å². The number of rotatable bonds is 12. The summed E-state index contributed by atoms with van der Waals surface area (Å²) in [4.78, 5) is 22.2. The third-order valence-corrected chi connectivity index (χ3v) is 3.02. The molecule has 0 rings (SSSR count). The second kappa shape index (κ2) is 13.1. The van der Waals surface area contributed by atoms with Crippen molar-refractivity contribution in [2.75, 3.05) is 13.2 Å². The van der Waals surface area contributed by atoms with E-state index in [0.29, 0.717) is 13.2 Å². The Kier molecular flexibility index (Phi) is 11.6. The Morgan fingerprint density at radius 2 is 1.00 bits per heavy atom. The molecule has 0 saturated carbocycles. The zero-order chi connectivity index (χ0) is 17.5. The van der Waals surface area contributed by atoms with Crippen LogP contribution in [0.15, 0.2) is 24.3 Å². The van der Waals surface area contributed by atoms with Gasteiger partial charge in [-0.05, 0) is 12.8 Å². The second-order valence-electron chi connectivity index (χ2n) is 4.93. The molecular weight excluding hydrogens is 296 g/mol. The summed E-state index contributed by atoms with van der Waals surface area (Å²) in [7, 11) is 0.